The summed E-state index contributed by atoms with van der Waals surface area (Å²) in [6.07, 6.45) is 2.41. The normalized spacial score (nSPS) is 11.1. The molecule has 136 valence electrons. The molecule has 2 heterocycles. The Hall–Kier alpha value is -2.73. The fourth-order valence-corrected chi connectivity index (χ4v) is 3.08. The summed E-state index contributed by atoms with van der Waals surface area (Å²) in [4.78, 5) is 17.0. The highest BCUT2D eigenvalue weighted by Crippen LogP contribution is 2.28. The molecule has 2 aromatic heterocycles. The van der Waals surface area contributed by atoms with Gasteiger partial charge >= 0.3 is 0 Å². The van der Waals surface area contributed by atoms with Gasteiger partial charge in [-0.25, -0.2) is 9.50 Å². The van der Waals surface area contributed by atoms with Crippen molar-refractivity contribution in [3.63, 3.8) is 0 Å². The van der Waals surface area contributed by atoms with Crippen LogP contribution < -0.4 is 5.32 Å². The number of carbonyl (C=O) groups is 1. The number of methoxy groups -OCH3 is 1. The molecule has 0 aliphatic rings. The molecule has 6 nitrogen and oxygen atoms in total. The van der Waals surface area contributed by atoms with Crippen LogP contribution in [0.4, 0.5) is 0 Å². The number of rotatable bonds is 6. The van der Waals surface area contributed by atoms with Gasteiger partial charge in [-0.15, -0.1) is 0 Å². The zero-order chi connectivity index (χ0) is 18.7. The largest absolute Gasteiger partial charge is 0.385 e. The van der Waals surface area contributed by atoms with Gasteiger partial charge in [-0.2, -0.15) is 5.10 Å². The van der Waals surface area contributed by atoms with E-state index in [-0.39, 0.29) is 5.91 Å². The highest BCUT2D eigenvalue weighted by atomic mass is 16.5. The van der Waals surface area contributed by atoms with Crippen LogP contribution in [0.5, 0.6) is 0 Å². The third-order valence-corrected chi connectivity index (χ3v) is 4.42. The predicted octanol–water partition coefficient (Wildman–Crippen LogP) is 3.09. The summed E-state index contributed by atoms with van der Waals surface area (Å²) < 4.78 is 6.76. The summed E-state index contributed by atoms with van der Waals surface area (Å²) in [5.41, 5.74) is 6.25. The van der Waals surface area contributed by atoms with Gasteiger partial charge in [0.25, 0.3) is 5.91 Å². The maximum atomic E-state index is 12.4. The Balaban J connectivity index is 1.97. The van der Waals surface area contributed by atoms with Crippen LogP contribution >= 0.6 is 0 Å². The SMILES string of the molecule is COCCCNC(=O)c1cnc2c(-c3cccc(C)c3)c(C)nn2c1C. The number of carbonyl (C=O) groups excluding carboxylic acids is 1. The minimum Gasteiger partial charge on any atom is -0.385 e. The average molecular weight is 352 g/mol. The van der Waals surface area contributed by atoms with Gasteiger partial charge in [0.05, 0.1) is 17.0 Å². The standard InChI is InChI=1S/C20H24N4O2/c1-13-7-5-8-16(11-13)18-14(2)23-24-15(3)17(12-22-19(18)24)20(25)21-9-6-10-26-4/h5,7-8,11-12H,6,9-10H2,1-4H3,(H,21,25). The maximum Gasteiger partial charge on any atom is 0.254 e. The molecular formula is C20H24N4O2. The molecule has 6 heteroatoms. The lowest BCUT2D eigenvalue weighted by Crippen LogP contribution is -2.26. The van der Waals surface area contributed by atoms with Crippen LogP contribution in [0.15, 0.2) is 30.5 Å². The van der Waals surface area contributed by atoms with Gasteiger partial charge < -0.3 is 10.1 Å². The number of hydrogen-bond acceptors (Lipinski definition) is 4. The molecule has 0 bridgehead atoms. The lowest BCUT2D eigenvalue weighted by molar-refractivity contribution is 0.0947. The molecule has 1 amide bonds. The lowest BCUT2D eigenvalue weighted by atomic mass is 10.0. The zero-order valence-corrected chi connectivity index (χ0v) is 15.7. The highest BCUT2D eigenvalue weighted by molar-refractivity contribution is 5.95. The first-order valence-electron chi connectivity index (χ1n) is 8.72. The van der Waals surface area contributed by atoms with Gasteiger partial charge in [0.15, 0.2) is 5.65 Å². The minimum absolute atomic E-state index is 0.140. The third kappa shape index (κ3) is 3.46. The highest BCUT2D eigenvalue weighted by Gasteiger charge is 2.18. The van der Waals surface area contributed by atoms with Crippen molar-refractivity contribution in [1.29, 1.82) is 0 Å². The van der Waals surface area contributed by atoms with Crippen molar-refractivity contribution in [1.82, 2.24) is 19.9 Å². The van der Waals surface area contributed by atoms with E-state index in [1.807, 2.05) is 19.9 Å². The maximum absolute atomic E-state index is 12.4. The third-order valence-electron chi connectivity index (χ3n) is 4.42. The van der Waals surface area contributed by atoms with Crippen molar-refractivity contribution < 1.29 is 9.53 Å². The second-order valence-corrected chi connectivity index (χ2v) is 6.42. The number of nitrogens with one attached hydrogen (secondary N) is 1. The Bertz CT molecular complexity index is 946. The monoisotopic (exact) mass is 352 g/mol. The van der Waals surface area contributed by atoms with Gasteiger partial charge in [0, 0.05) is 32.0 Å². The van der Waals surface area contributed by atoms with Crippen LogP contribution in [0.1, 0.15) is 33.7 Å². The van der Waals surface area contributed by atoms with E-state index in [0.717, 1.165) is 34.6 Å². The van der Waals surface area contributed by atoms with Crippen LogP contribution in [0.25, 0.3) is 16.8 Å². The number of fused-ring (bicyclic) bond motifs is 1. The summed E-state index contributed by atoms with van der Waals surface area (Å²) in [5, 5.41) is 7.53. The molecule has 0 aliphatic carbocycles. The van der Waals surface area contributed by atoms with Gasteiger partial charge in [0.2, 0.25) is 0 Å². The van der Waals surface area contributed by atoms with Crippen molar-refractivity contribution in [2.45, 2.75) is 27.2 Å². The van der Waals surface area contributed by atoms with Crippen LogP contribution in [-0.2, 0) is 4.74 Å². The molecule has 0 fully saturated rings. The van der Waals surface area contributed by atoms with E-state index in [2.05, 4.69) is 40.5 Å². The summed E-state index contributed by atoms with van der Waals surface area (Å²) >= 11 is 0. The number of benzene rings is 1. The summed E-state index contributed by atoms with van der Waals surface area (Å²) in [5.74, 6) is -0.140. The fourth-order valence-electron chi connectivity index (χ4n) is 3.08. The number of aryl methyl sites for hydroxylation is 3. The van der Waals surface area contributed by atoms with Gasteiger partial charge in [-0.05, 0) is 32.8 Å². The molecule has 1 N–H and O–H groups in total. The number of aromatic nitrogens is 3. The Morgan fingerprint density at radius 1 is 1.27 bits per heavy atom. The van der Waals surface area contributed by atoms with E-state index in [0.29, 0.717) is 18.7 Å². The lowest BCUT2D eigenvalue weighted by Gasteiger charge is -2.09. The zero-order valence-electron chi connectivity index (χ0n) is 15.7. The molecule has 0 saturated heterocycles. The van der Waals surface area contributed by atoms with Crippen molar-refractivity contribution in [3.8, 4) is 11.1 Å². The topological polar surface area (TPSA) is 68.5 Å². The van der Waals surface area contributed by atoms with Crippen molar-refractivity contribution in [3.05, 3.63) is 53.0 Å². The van der Waals surface area contributed by atoms with Gasteiger partial charge in [0.1, 0.15) is 0 Å². The van der Waals surface area contributed by atoms with E-state index < -0.39 is 0 Å². The molecule has 0 spiro atoms. The van der Waals surface area contributed by atoms with Crippen LogP contribution in [0.3, 0.4) is 0 Å². The summed E-state index contributed by atoms with van der Waals surface area (Å²) in [6.45, 7) is 7.11. The van der Waals surface area contributed by atoms with Crippen LogP contribution in [0.2, 0.25) is 0 Å². The molecular weight excluding hydrogens is 328 g/mol. The van der Waals surface area contributed by atoms with Crippen LogP contribution in [-0.4, -0.2) is 40.8 Å². The Morgan fingerprint density at radius 2 is 2.08 bits per heavy atom. The second-order valence-electron chi connectivity index (χ2n) is 6.42. The summed E-state index contributed by atoms with van der Waals surface area (Å²) in [6, 6.07) is 8.28. The first-order chi connectivity index (χ1) is 12.5. The first kappa shape index (κ1) is 18.1. The molecule has 26 heavy (non-hydrogen) atoms. The van der Waals surface area contributed by atoms with Gasteiger partial charge in [-0.1, -0.05) is 29.8 Å². The molecule has 0 unspecified atom stereocenters. The molecule has 0 atom stereocenters. The van der Waals surface area contributed by atoms with E-state index in [1.165, 1.54) is 5.56 Å². The second kappa shape index (κ2) is 7.66. The van der Waals surface area contributed by atoms with Crippen molar-refractivity contribution in [2.75, 3.05) is 20.3 Å². The molecule has 3 aromatic rings. The Labute approximate surface area is 153 Å². The van der Waals surface area contributed by atoms with E-state index >= 15 is 0 Å². The first-order valence-corrected chi connectivity index (χ1v) is 8.72. The average Bonchev–Trinajstić information content (AvgIpc) is 2.96. The summed E-state index contributed by atoms with van der Waals surface area (Å²) in [7, 11) is 1.65. The number of nitrogens with zero attached hydrogens (tertiary/aromatic N) is 3. The van der Waals surface area contributed by atoms with E-state index in [9.17, 15) is 4.79 Å². The fraction of sp³-hybridized carbons (Fsp3) is 0.350. The Kier molecular flexibility index (Phi) is 5.32. The van der Waals surface area contributed by atoms with E-state index in [1.54, 1.807) is 17.8 Å². The smallest absolute Gasteiger partial charge is 0.254 e. The van der Waals surface area contributed by atoms with Crippen molar-refractivity contribution >= 4 is 11.6 Å². The van der Waals surface area contributed by atoms with Crippen molar-refractivity contribution in [2.24, 2.45) is 0 Å². The quantitative estimate of drug-likeness (QED) is 0.692. The number of ether oxygens (including phenoxy) is 1. The predicted molar refractivity (Wildman–Crippen MR) is 101 cm³/mol. The molecule has 3 rings (SSSR count). The number of hydrogen-bond donors (Lipinski definition) is 1. The molecule has 0 saturated carbocycles. The minimum atomic E-state index is -0.140. The van der Waals surface area contributed by atoms with E-state index in [4.69, 9.17) is 4.74 Å². The molecule has 1 aromatic carbocycles. The van der Waals surface area contributed by atoms with Gasteiger partial charge in [-0.3, -0.25) is 4.79 Å². The van der Waals surface area contributed by atoms with Crippen LogP contribution in [0, 0.1) is 20.8 Å². The molecule has 0 aliphatic heterocycles. The number of amides is 1. The Morgan fingerprint density at radius 3 is 2.81 bits per heavy atom. The molecule has 0 radical (unpaired) electrons.